The third-order valence-corrected chi connectivity index (χ3v) is 6.39. The molecular formula is C16H32N2S. The first-order chi connectivity index (χ1) is 9.26. The summed E-state index contributed by atoms with van der Waals surface area (Å²) in [5, 5.41) is 4.66. The summed E-state index contributed by atoms with van der Waals surface area (Å²) < 4.78 is 0. The normalized spacial score (nSPS) is 35.8. The topological polar surface area (TPSA) is 15.3 Å². The molecule has 0 radical (unpaired) electrons. The van der Waals surface area contributed by atoms with Crippen LogP contribution in [0.2, 0.25) is 0 Å². The zero-order valence-electron chi connectivity index (χ0n) is 13.0. The van der Waals surface area contributed by atoms with Gasteiger partial charge in [0.2, 0.25) is 0 Å². The van der Waals surface area contributed by atoms with Crippen LogP contribution >= 0.6 is 11.8 Å². The van der Waals surface area contributed by atoms with Crippen molar-refractivity contribution in [3.05, 3.63) is 0 Å². The van der Waals surface area contributed by atoms with E-state index in [0.717, 1.165) is 17.2 Å². The maximum absolute atomic E-state index is 3.79. The Morgan fingerprint density at radius 1 is 1.26 bits per heavy atom. The smallest absolute Gasteiger partial charge is 0.0220 e. The first kappa shape index (κ1) is 15.7. The lowest BCUT2D eigenvalue weighted by atomic mass is 9.92. The molecule has 1 aliphatic heterocycles. The summed E-state index contributed by atoms with van der Waals surface area (Å²) in [5.74, 6) is 0.803. The highest BCUT2D eigenvalue weighted by Crippen LogP contribution is 2.31. The number of hydrogen-bond donors (Lipinski definition) is 1. The van der Waals surface area contributed by atoms with E-state index in [1.807, 2.05) is 0 Å². The number of rotatable bonds is 4. The zero-order valence-corrected chi connectivity index (χ0v) is 13.8. The van der Waals surface area contributed by atoms with Crippen LogP contribution in [0.4, 0.5) is 0 Å². The van der Waals surface area contributed by atoms with Crippen LogP contribution in [0.3, 0.4) is 0 Å². The second-order valence-corrected chi connectivity index (χ2v) is 7.50. The average Bonchev–Trinajstić information content (AvgIpc) is 2.72. The molecule has 1 saturated heterocycles. The van der Waals surface area contributed by atoms with E-state index in [1.165, 1.54) is 58.2 Å². The minimum absolute atomic E-state index is 0.705. The zero-order chi connectivity index (χ0) is 13.7. The fourth-order valence-corrected chi connectivity index (χ4v) is 4.74. The Morgan fingerprint density at radius 2 is 2.05 bits per heavy atom. The van der Waals surface area contributed by atoms with Gasteiger partial charge in [0.15, 0.2) is 0 Å². The molecule has 1 N–H and O–H groups in total. The van der Waals surface area contributed by atoms with Crippen molar-refractivity contribution < 1.29 is 0 Å². The molecule has 19 heavy (non-hydrogen) atoms. The van der Waals surface area contributed by atoms with E-state index in [9.17, 15) is 0 Å². The Kier molecular flexibility index (Phi) is 6.51. The third kappa shape index (κ3) is 4.12. The van der Waals surface area contributed by atoms with Gasteiger partial charge in [0.25, 0.3) is 0 Å². The Morgan fingerprint density at radius 3 is 2.79 bits per heavy atom. The molecule has 1 aliphatic carbocycles. The van der Waals surface area contributed by atoms with E-state index < -0.39 is 0 Å². The standard InChI is InChI=1S/C16H32N2S/c1-4-13(2)14-12-18(11-7-10-17-14)15-8-5-6-9-16(15)19-3/h13-17H,4-12H2,1-3H3. The predicted molar refractivity (Wildman–Crippen MR) is 87.0 cm³/mol. The largest absolute Gasteiger partial charge is 0.312 e. The van der Waals surface area contributed by atoms with Crippen molar-refractivity contribution in [3.8, 4) is 0 Å². The van der Waals surface area contributed by atoms with Crippen LogP contribution in [-0.2, 0) is 0 Å². The first-order valence-electron chi connectivity index (χ1n) is 8.26. The van der Waals surface area contributed by atoms with Gasteiger partial charge >= 0.3 is 0 Å². The molecule has 3 heteroatoms. The van der Waals surface area contributed by atoms with E-state index in [0.29, 0.717) is 6.04 Å². The van der Waals surface area contributed by atoms with Crippen molar-refractivity contribution in [2.75, 3.05) is 25.9 Å². The molecule has 0 amide bonds. The van der Waals surface area contributed by atoms with Crippen LogP contribution in [0.15, 0.2) is 0 Å². The van der Waals surface area contributed by atoms with Gasteiger partial charge in [0, 0.05) is 23.9 Å². The molecular weight excluding hydrogens is 252 g/mol. The summed E-state index contributed by atoms with van der Waals surface area (Å²) in [4.78, 5) is 2.83. The number of hydrogen-bond acceptors (Lipinski definition) is 3. The average molecular weight is 285 g/mol. The van der Waals surface area contributed by atoms with Crippen molar-refractivity contribution in [1.29, 1.82) is 0 Å². The van der Waals surface area contributed by atoms with Crippen molar-refractivity contribution in [2.24, 2.45) is 5.92 Å². The lowest BCUT2D eigenvalue weighted by Gasteiger charge is -2.40. The molecule has 0 spiro atoms. The molecule has 1 heterocycles. The molecule has 0 aromatic heterocycles. The van der Waals surface area contributed by atoms with Gasteiger partial charge in [-0.25, -0.2) is 0 Å². The highest BCUT2D eigenvalue weighted by Gasteiger charge is 2.32. The second-order valence-electron chi connectivity index (χ2n) is 6.42. The van der Waals surface area contributed by atoms with Gasteiger partial charge < -0.3 is 5.32 Å². The van der Waals surface area contributed by atoms with Gasteiger partial charge in [-0.1, -0.05) is 33.1 Å². The number of nitrogens with one attached hydrogen (secondary N) is 1. The van der Waals surface area contributed by atoms with Crippen LogP contribution in [0.5, 0.6) is 0 Å². The minimum atomic E-state index is 0.705. The van der Waals surface area contributed by atoms with Crippen LogP contribution < -0.4 is 5.32 Å². The summed E-state index contributed by atoms with van der Waals surface area (Å²) in [6, 6.07) is 1.55. The lowest BCUT2D eigenvalue weighted by Crippen LogP contribution is -2.49. The van der Waals surface area contributed by atoms with E-state index in [2.05, 4.69) is 42.1 Å². The lowest BCUT2D eigenvalue weighted by molar-refractivity contribution is 0.148. The summed E-state index contributed by atoms with van der Waals surface area (Å²) in [5.41, 5.74) is 0. The second kappa shape index (κ2) is 7.90. The first-order valence-corrected chi connectivity index (χ1v) is 9.55. The highest BCUT2D eigenvalue weighted by atomic mass is 32.2. The molecule has 2 fully saturated rings. The molecule has 0 aromatic carbocycles. The molecule has 1 saturated carbocycles. The molecule has 2 rings (SSSR count). The van der Waals surface area contributed by atoms with Gasteiger partial charge in [0.05, 0.1) is 0 Å². The van der Waals surface area contributed by atoms with E-state index in [-0.39, 0.29) is 0 Å². The summed E-state index contributed by atoms with van der Waals surface area (Å²) in [6.45, 7) is 8.53. The van der Waals surface area contributed by atoms with Crippen LogP contribution in [-0.4, -0.2) is 48.1 Å². The summed E-state index contributed by atoms with van der Waals surface area (Å²) in [6.07, 6.45) is 10.7. The Bertz CT molecular complexity index is 259. The molecule has 0 bridgehead atoms. The van der Waals surface area contributed by atoms with Crippen molar-refractivity contribution >= 4 is 11.8 Å². The molecule has 4 unspecified atom stereocenters. The molecule has 0 aromatic rings. The van der Waals surface area contributed by atoms with E-state index >= 15 is 0 Å². The van der Waals surface area contributed by atoms with Gasteiger partial charge in [-0.05, 0) is 44.5 Å². The van der Waals surface area contributed by atoms with E-state index in [4.69, 9.17) is 0 Å². The summed E-state index contributed by atoms with van der Waals surface area (Å²) in [7, 11) is 0. The van der Waals surface area contributed by atoms with Crippen molar-refractivity contribution in [2.45, 2.75) is 69.7 Å². The number of nitrogens with zero attached hydrogens (tertiary/aromatic N) is 1. The van der Waals surface area contributed by atoms with Crippen LogP contribution in [0.25, 0.3) is 0 Å². The fraction of sp³-hybridized carbons (Fsp3) is 1.00. The fourth-order valence-electron chi connectivity index (χ4n) is 3.71. The Hall–Kier alpha value is 0.270. The van der Waals surface area contributed by atoms with Crippen molar-refractivity contribution in [1.82, 2.24) is 10.2 Å². The minimum Gasteiger partial charge on any atom is -0.312 e. The molecule has 2 nitrogen and oxygen atoms in total. The Balaban J connectivity index is 2.00. The summed E-state index contributed by atoms with van der Waals surface area (Å²) >= 11 is 2.11. The van der Waals surface area contributed by atoms with Crippen LogP contribution in [0, 0.1) is 5.92 Å². The maximum Gasteiger partial charge on any atom is 0.0220 e. The van der Waals surface area contributed by atoms with Crippen LogP contribution in [0.1, 0.15) is 52.4 Å². The number of thioether (sulfide) groups is 1. The van der Waals surface area contributed by atoms with Gasteiger partial charge in [0.1, 0.15) is 0 Å². The molecule has 2 aliphatic rings. The predicted octanol–water partition coefficient (Wildman–Crippen LogP) is 3.37. The monoisotopic (exact) mass is 284 g/mol. The molecule has 4 atom stereocenters. The van der Waals surface area contributed by atoms with Gasteiger partial charge in [-0.3, -0.25) is 4.90 Å². The SMILES string of the molecule is CCC(C)C1CN(C2CCCCC2SC)CCCN1. The van der Waals surface area contributed by atoms with Crippen molar-refractivity contribution in [3.63, 3.8) is 0 Å². The third-order valence-electron chi connectivity index (χ3n) is 5.23. The Labute approximate surface area is 124 Å². The highest BCUT2D eigenvalue weighted by molar-refractivity contribution is 7.99. The molecule has 112 valence electrons. The van der Waals surface area contributed by atoms with Gasteiger partial charge in [-0.15, -0.1) is 0 Å². The van der Waals surface area contributed by atoms with E-state index in [1.54, 1.807) is 0 Å². The van der Waals surface area contributed by atoms with Gasteiger partial charge in [-0.2, -0.15) is 11.8 Å². The maximum atomic E-state index is 3.79. The quantitative estimate of drug-likeness (QED) is 0.852.